The number of hydrogen-bond donors (Lipinski definition) is 1. The van der Waals surface area contributed by atoms with E-state index in [-0.39, 0.29) is 0 Å². The van der Waals surface area contributed by atoms with E-state index in [2.05, 4.69) is 41.1 Å². The van der Waals surface area contributed by atoms with Gasteiger partial charge in [-0.15, -0.1) is 0 Å². The van der Waals surface area contributed by atoms with Gasteiger partial charge in [0.25, 0.3) is 0 Å². The molecule has 1 aliphatic rings. The average molecular weight is 252 g/mol. The first kappa shape index (κ1) is 13.1. The van der Waals surface area contributed by atoms with Gasteiger partial charge in [0.05, 0.1) is 0 Å². The Morgan fingerprint density at radius 1 is 1.41 bits per heavy atom. The maximum absolute atomic E-state index is 3.39. The molecule has 0 aromatic carbocycles. The topological polar surface area (TPSA) is 15.3 Å². The molecule has 0 bridgehead atoms. The molecule has 1 saturated carbocycles. The molecule has 1 fully saturated rings. The van der Waals surface area contributed by atoms with E-state index in [9.17, 15) is 0 Å². The molecule has 1 N–H and O–H groups in total. The fraction of sp³-hybridized carbons (Fsp3) is 0.714. The Morgan fingerprint density at radius 2 is 2.18 bits per heavy atom. The van der Waals surface area contributed by atoms with Crippen molar-refractivity contribution in [3.63, 3.8) is 0 Å². The summed E-state index contributed by atoms with van der Waals surface area (Å²) in [6.07, 6.45) is 5.60. The maximum Gasteiger partial charge on any atom is 0.0239 e. The molecule has 96 valence electrons. The van der Waals surface area contributed by atoms with E-state index < -0.39 is 0 Å². The summed E-state index contributed by atoms with van der Waals surface area (Å²) in [5.74, 6) is 0. The molecule has 0 atom stereocenters. The molecule has 1 aromatic rings. The van der Waals surface area contributed by atoms with Gasteiger partial charge in [-0.05, 0) is 54.7 Å². The van der Waals surface area contributed by atoms with Crippen LogP contribution in [0.25, 0.3) is 0 Å². The van der Waals surface area contributed by atoms with E-state index in [4.69, 9.17) is 0 Å². The Hall–Kier alpha value is -0.380. The summed E-state index contributed by atoms with van der Waals surface area (Å²) in [6.45, 7) is 3.49. The van der Waals surface area contributed by atoms with E-state index in [1.807, 2.05) is 0 Å². The zero-order chi connectivity index (χ0) is 12.1. The van der Waals surface area contributed by atoms with Crippen LogP contribution in [0.1, 0.15) is 31.2 Å². The van der Waals surface area contributed by atoms with Gasteiger partial charge in [0, 0.05) is 19.6 Å². The summed E-state index contributed by atoms with van der Waals surface area (Å²) in [7, 11) is 4.34. The van der Waals surface area contributed by atoms with Crippen molar-refractivity contribution < 1.29 is 0 Å². The minimum Gasteiger partial charge on any atom is -0.319 e. The number of nitrogens with one attached hydrogen (secondary N) is 1. The highest BCUT2D eigenvalue weighted by atomic mass is 32.1. The first-order valence-corrected chi connectivity index (χ1v) is 7.53. The van der Waals surface area contributed by atoms with Crippen molar-refractivity contribution in [3.05, 3.63) is 22.4 Å². The standard InChI is InChI=1S/C14H24N2S/c1-15-11-14(6-3-4-7-14)12-16(2)9-13-5-8-17-10-13/h5,8,10,15H,3-4,6-7,9,11-12H2,1-2H3. The van der Waals surface area contributed by atoms with Crippen molar-refractivity contribution in [1.82, 2.24) is 10.2 Å². The minimum absolute atomic E-state index is 0.527. The largest absolute Gasteiger partial charge is 0.319 e. The smallest absolute Gasteiger partial charge is 0.0239 e. The summed E-state index contributed by atoms with van der Waals surface area (Å²) in [4.78, 5) is 2.49. The van der Waals surface area contributed by atoms with E-state index in [0.29, 0.717) is 5.41 Å². The second-order valence-corrected chi connectivity index (χ2v) is 6.32. The molecule has 0 spiro atoms. The van der Waals surface area contributed by atoms with Gasteiger partial charge < -0.3 is 10.2 Å². The zero-order valence-corrected chi connectivity index (χ0v) is 11.9. The lowest BCUT2D eigenvalue weighted by Crippen LogP contribution is -2.40. The molecular formula is C14H24N2S. The van der Waals surface area contributed by atoms with Gasteiger partial charge in [0.2, 0.25) is 0 Å². The summed E-state index contributed by atoms with van der Waals surface area (Å²) >= 11 is 1.79. The molecule has 0 radical (unpaired) electrons. The average Bonchev–Trinajstić information content (AvgIpc) is 2.90. The third-order valence-electron chi connectivity index (χ3n) is 3.85. The van der Waals surface area contributed by atoms with Gasteiger partial charge in [0.1, 0.15) is 0 Å². The predicted molar refractivity (Wildman–Crippen MR) is 75.5 cm³/mol. The SMILES string of the molecule is CNCC1(CN(C)Cc2ccsc2)CCCC1. The van der Waals surface area contributed by atoms with Crippen molar-refractivity contribution in [2.45, 2.75) is 32.2 Å². The van der Waals surface area contributed by atoms with Crippen LogP contribution in [-0.2, 0) is 6.54 Å². The van der Waals surface area contributed by atoms with Crippen LogP contribution in [0.5, 0.6) is 0 Å². The van der Waals surface area contributed by atoms with Gasteiger partial charge in [0.15, 0.2) is 0 Å². The Balaban J connectivity index is 1.89. The van der Waals surface area contributed by atoms with Gasteiger partial charge >= 0.3 is 0 Å². The van der Waals surface area contributed by atoms with Crippen LogP contribution in [0.3, 0.4) is 0 Å². The Labute approximate surface area is 109 Å². The zero-order valence-electron chi connectivity index (χ0n) is 11.0. The van der Waals surface area contributed by atoms with Gasteiger partial charge in [-0.2, -0.15) is 11.3 Å². The Bertz CT molecular complexity index is 315. The Kier molecular flexibility index (Phi) is 4.60. The second-order valence-electron chi connectivity index (χ2n) is 5.54. The molecule has 0 saturated heterocycles. The molecule has 1 heterocycles. The third kappa shape index (κ3) is 3.54. The van der Waals surface area contributed by atoms with E-state index in [1.54, 1.807) is 11.3 Å². The molecule has 0 aliphatic heterocycles. The van der Waals surface area contributed by atoms with Crippen LogP contribution in [0, 0.1) is 5.41 Å². The minimum atomic E-state index is 0.527. The quantitative estimate of drug-likeness (QED) is 0.837. The summed E-state index contributed by atoms with van der Waals surface area (Å²) < 4.78 is 0. The lowest BCUT2D eigenvalue weighted by atomic mass is 9.85. The van der Waals surface area contributed by atoms with E-state index >= 15 is 0 Å². The number of rotatable bonds is 6. The highest BCUT2D eigenvalue weighted by Gasteiger charge is 2.34. The van der Waals surface area contributed by atoms with Gasteiger partial charge in [-0.1, -0.05) is 12.8 Å². The maximum atomic E-state index is 3.39. The second kappa shape index (κ2) is 5.98. The monoisotopic (exact) mass is 252 g/mol. The van der Waals surface area contributed by atoms with Crippen LogP contribution in [0.2, 0.25) is 0 Å². The normalized spacial score (nSPS) is 19.0. The molecule has 1 aliphatic carbocycles. The van der Waals surface area contributed by atoms with Crippen molar-refractivity contribution in [2.24, 2.45) is 5.41 Å². The molecule has 0 unspecified atom stereocenters. The van der Waals surface area contributed by atoms with Crippen LogP contribution in [-0.4, -0.2) is 32.1 Å². The number of hydrogen-bond acceptors (Lipinski definition) is 3. The lowest BCUT2D eigenvalue weighted by Gasteiger charge is -2.33. The van der Waals surface area contributed by atoms with Gasteiger partial charge in [-0.3, -0.25) is 0 Å². The molecule has 0 amide bonds. The van der Waals surface area contributed by atoms with Gasteiger partial charge in [-0.25, -0.2) is 0 Å². The van der Waals surface area contributed by atoms with Crippen LogP contribution in [0.15, 0.2) is 16.8 Å². The summed E-state index contributed by atoms with van der Waals surface area (Å²) in [6, 6.07) is 2.24. The molecule has 3 heteroatoms. The molecule has 2 rings (SSSR count). The summed E-state index contributed by atoms with van der Waals surface area (Å²) in [5, 5.41) is 7.82. The first-order chi connectivity index (χ1) is 8.24. The predicted octanol–water partition coefficient (Wildman–Crippen LogP) is 2.96. The van der Waals surface area contributed by atoms with Crippen molar-refractivity contribution in [1.29, 1.82) is 0 Å². The highest BCUT2D eigenvalue weighted by molar-refractivity contribution is 7.07. The van der Waals surface area contributed by atoms with Crippen LogP contribution < -0.4 is 5.32 Å². The molecular weight excluding hydrogens is 228 g/mol. The lowest BCUT2D eigenvalue weighted by molar-refractivity contribution is 0.170. The van der Waals surface area contributed by atoms with Crippen molar-refractivity contribution in [2.75, 3.05) is 27.2 Å². The molecule has 1 aromatic heterocycles. The number of thiophene rings is 1. The Morgan fingerprint density at radius 3 is 2.76 bits per heavy atom. The van der Waals surface area contributed by atoms with Crippen molar-refractivity contribution in [3.8, 4) is 0 Å². The highest BCUT2D eigenvalue weighted by Crippen LogP contribution is 2.38. The van der Waals surface area contributed by atoms with Crippen LogP contribution in [0.4, 0.5) is 0 Å². The number of nitrogens with zero attached hydrogens (tertiary/aromatic N) is 1. The first-order valence-electron chi connectivity index (χ1n) is 6.58. The van der Waals surface area contributed by atoms with E-state index in [0.717, 1.165) is 6.54 Å². The third-order valence-corrected chi connectivity index (χ3v) is 4.59. The fourth-order valence-electron chi connectivity index (χ4n) is 3.21. The van der Waals surface area contributed by atoms with Crippen LogP contribution >= 0.6 is 11.3 Å². The summed E-state index contributed by atoms with van der Waals surface area (Å²) in [5.41, 5.74) is 1.98. The fourth-order valence-corrected chi connectivity index (χ4v) is 3.87. The molecule has 2 nitrogen and oxygen atoms in total. The van der Waals surface area contributed by atoms with Crippen molar-refractivity contribution >= 4 is 11.3 Å². The molecule has 17 heavy (non-hydrogen) atoms. The van der Waals surface area contributed by atoms with E-state index in [1.165, 1.54) is 44.3 Å².